The molecule has 1 N–H and O–H groups in total. The third kappa shape index (κ3) is 6.68. The van der Waals surface area contributed by atoms with E-state index in [2.05, 4.69) is 10.3 Å². The average Bonchev–Trinajstić information content (AvgIpc) is 2.92. The fraction of sp³-hybridized carbons (Fsp3) is 0.179. The fourth-order valence-electron chi connectivity index (χ4n) is 3.51. The zero-order valence-corrected chi connectivity index (χ0v) is 21.2. The minimum absolute atomic E-state index is 0.136. The molecule has 190 valence electrons. The van der Waals surface area contributed by atoms with Crippen molar-refractivity contribution in [3.8, 4) is 11.5 Å². The average molecular weight is 520 g/mol. The van der Waals surface area contributed by atoms with Crippen LogP contribution >= 0.6 is 11.6 Å². The summed E-state index contributed by atoms with van der Waals surface area (Å²) in [5, 5.41) is 3.75. The molecule has 8 nitrogen and oxygen atoms in total. The lowest BCUT2D eigenvalue weighted by Crippen LogP contribution is -2.30. The maximum atomic E-state index is 13.2. The molecule has 0 fully saturated rings. The Morgan fingerprint density at radius 1 is 0.946 bits per heavy atom. The number of carbonyl (C=O) groups is 1. The van der Waals surface area contributed by atoms with Crippen molar-refractivity contribution >= 4 is 29.2 Å². The van der Waals surface area contributed by atoms with Crippen molar-refractivity contribution in [3.05, 3.63) is 111 Å². The van der Waals surface area contributed by atoms with Crippen LogP contribution < -0.4 is 20.3 Å². The monoisotopic (exact) mass is 519 g/mol. The Morgan fingerprint density at radius 2 is 1.59 bits per heavy atom. The molecule has 1 heterocycles. The number of hydrogen-bond donors (Lipinski definition) is 1. The highest BCUT2D eigenvalue weighted by atomic mass is 35.5. The predicted octanol–water partition coefficient (Wildman–Crippen LogP) is 5.45. The van der Waals surface area contributed by atoms with Crippen LogP contribution in [0.3, 0.4) is 0 Å². The van der Waals surface area contributed by atoms with Gasteiger partial charge in [0, 0.05) is 10.7 Å². The highest BCUT2D eigenvalue weighted by Crippen LogP contribution is 2.21. The Morgan fingerprint density at radius 3 is 2.24 bits per heavy atom. The zero-order valence-electron chi connectivity index (χ0n) is 20.4. The minimum Gasteiger partial charge on any atom is -0.497 e. The first-order valence-corrected chi connectivity index (χ1v) is 12.0. The quantitative estimate of drug-likeness (QED) is 0.278. The first kappa shape index (κ1) is 25.8. The van der Waals surface area contributed by atoms with Gasteiger partial charge in [-0.3, -0.25) is 9.36 Å². The van der Waals surface area contributed by atoms with Crippen LogP contribution in [0.5, 0.6) is 11.5 Å². The van der Waals surface area contributed by atoms with Gasteiger partial charge in [0.05, 0.1) is 26.5 Å². The van der Waals surface area contributed by atoms with Crippen LogP contribution in [0.25, 0.3) is 0 Å². The number of anilines is 2. The summed E-state index contributed by atoms with van der Waals surface area (Å²) in [4.78, 5) is 29.8. The number of methoxy groups -OCH3 is 1. The summed E-state index contributed by atoms with van der Waals surface area (Å²) in [5.74, 6) is 1.04. The molecule has 0 radical (unpaired) electrons. The molecule has 0 spiro atoms. The smallest absolute Gasteiger partial charge is 0.345 e. The number of carbonyl (C=O) groups excluding carboxylic acids is 1. The van der Waals surface area contributed by atoms with Crippen LogP contribution in [0.1, 0.15) is 28.4 Å². The van der Waals surface area contributed by atoms with Gasteiger partial charge in [-0.05, 0) is 66.6 Å². The standard InChI is InChI=1S/C28H26ClN3O5/c1-3-36-27(34)25-16-30-28(32(26(25)33)17-19-4-8-21(29)9-5-19)31-22-10-14-24(15-11-22)37-18-20-6-12-23(35-2)13-7-20/h4-16H,3,17-18H2,1-2H3,(H,30,31). The molecule has 3 aromatic carbocycles. The third-order valence-corrected chi connectivity index (χ3v) is 5.72. The molecule has 0 aliphatic carbocycles. The number of aromatic nitrogens is 2. The molecule has 0 saturated carbocycles. The SMILES string of the molecule is CCOC(=O)c1cnc(Nc2ccc(OCc3ccc(OC)cc3)cc2)n(Cc2ccc(Cl)cc2)c1=O. The molecule has 0 aliphatic heterocycles. The lowest BCUT2D eigenvalue weighted by molar-refractivity contribution is 0.0523. The van der Waals surface area contributed by atoms with Crippen molar-refractivity contribution < 1.29 is 19.0 Å². The first-order chi connectivity index (χ1) is 18.0. The predicted molar refractivity (Wildman–Crippen MR) is 142 cm³/mol. The number of hydrogen-bond acceptors (Lipinski definition) is 7. The molecule has 4 aromatic rings. The van der Waals surface area contributed by atoms with Gasteiger partial charge < -0.3 is 19.5 Å². The Labute approximate surface area is 219 Å². The van der Waals surface area contributed by atoms with E-state index in [0.717, 1.165) is 16.9 Å². The summed E-state index contributed by atoms with van der Waals surface area (Å²) >= 11 is 6.00. The summed E-state index contributed by atoms with van der Waals surface area (Å²) in [7, 11) is 1.63. The number of rotatable bonds is 10. The zero-order chi connectivity index (χ0) is 26.2. The highest BCUT2D eigenvalue weighted by Gasteiger charge is 2.18. The van der Waals surface area contributed by atoms with Crippen LogP contribution in [0.15, 0.2) is 83.8 Å². The van der Waals surface area contributed by atoms with Gasteiger partial charge in [0.1, 0.15) is 23.7 Å². The van der Waals surface area contributed by atoms with Crippen molar-refractivity contribution in [2.75, 3.05) is 19.0 Å². The Balaban J connectivity index is 1.53. The first-order valence-electron chi connectivity index (χ1n) is 11.6. The van der Waals surface area contributed by atoms with Crippen LogP contribution in [0.4, 0.5) is 11.6 Å². The van der Waals surface area contributed by atoms with E-state index in [-0.39, 0.29) is 24.7 Å². The molecule has 0 unspecified atom stereocenters. The third-order valence-electron chi connectivity index (χ3n) is 5.47. The van der Waals surface area contributed by atoms with E-state index in [1.54, 1.807) is 26.2 Å². The molecule has 0 amide bonds. The summed E-state index contributed by atoms with van der Waals surface area (Å²) in [6.07, 6.45) is 1.23. The number of halogens is 1. The Bertz CT molecular complexity index is 1400. The van der Waals surface area contributed by atoms with Crippen molar-refractivity contribution in [3.63, 3.8) is 0 Å². The van der Waals surface area contributed by atoms with Crippen LogP contribution in [-0.4, -0.2) is 29.2 Å². The lowest BCUT2D eigenvalue weighted by Gasteiger charge is -2.15. The maximum absolute atomic E-state index is 13.2. The molecule has 0 aliphatic rings. The van der Waals surface area contributed by atoms with Crippen LogP contribution in [0.2, 0.25) is 5.02 Å². The lowest BCUT2D eigenvalue weighted by atomic mass is 10.2. The van der Waals surface area contributed by atoms with E-state index in [0.29, 0.717) is 23.1 Å². The van der Waals surface area contributed by atoms with Gasteiger partial charge >= 0.3 is 5.97 Å². The van der Waals surface area contributed by atoms with E-state index in [4.69, 9.17) is 25.8 Å². The van der Waals surface area contributed by atoms with E-state index in [1.165, 1.54) is 10.8 Å². The van der Waals surface area contributed by atoms with Crippen molar-refractivity contribution in [1.82, 2.24) is 9.55 Å². The van der Waals surface area contributed by atoms with Crippen LogP contribution in [0, 0.1) is 0 Å². The van der Waals surface area contributed by atoms with Gasteiger partial charge in [-0.15, -0.1) is 0 Å². The second-order valence-electron chi connectivity index (χ2n) is 8.02. The summed E-state index contributed by atoms with van der Waals surface area (Å²) in [6.45, 7) is 2.43. The van der Waals surface area contributed by atoms with Crippen molar-refractivity contribution in [2.24, 2.45) is 0 Å². The molecule has 1 aromatic heterocycles. The molecule has 4 rings (SSSR count). The van der Waals surface area contributed by atoms with Gasteiger partial charge in [0.25, 0.3) is 5.56 Å². The fourth-order valence-corrected chi connectivity index (χ4v) is 3.64. The number of benzene rings is 3. The molecule has 9 heteroatoms. The van der Waals surface area contributed by atoms with E-state index < -0.39 is 11.5 Å². The largest absolute Gasteiger partial charge is 0.497 e. The molecule has 0 atom stereocenters. The highest BCUT2D eigenvalue weighted by molar-refractivity contribution is 6.30. The van der Waals surface area contributed by atoms with Gasteiger partial charge in [-0.2, -0.15) is 0 Å². The summed E-state index contributed by atoms with van der Waals surface area (Å²) in [5.41, 5.74) is 1.88. The van der Waals surface area contributed by atoms with Crippen molar-refractivity contribution in [2.45, 2.75) is 20.1 Å². The minimum atomic E-state index is -0.713. The maximum Gasteiger partial charge on any atom is 0.345 e. The number of esters is 1. The van der Waals surface area contributed by atoms with Gasteiger partial charge in [0.15, 0.2) is 0 Å². The van der Waals surface area contributed by atoms with Gasteiger partial charge in [0.2, 0.25) is 5.95 Å². The van der Waals surface area contributed by atoms with Gasteiger partial charge in [-0.25, -0.2) is 9.78 Å². The van der Waals surface area contributed by atoms with Gasteiger partial charge in [-0.1, -0.05) is 35.9 Å². The van der Waals surface area contributed by atoms with E-state index in [9.17, 15) is 9.59 Å². The Hall–Kier alpha value is -4.30. The molecule has 37 heavy (non-hydrogen) atoms. The Kier molecular flexibility index (Phi) is 8.43. The number of nitrogens with zero attached hydrogens (tertiary/aromatic N) is 2. The van der Waals surface area contributed by atoms with Crippen LogP contribution in [-0.2, 0) is 17.9 Å². The van der Waals surface area contributed by atoms with E-state index in [1.807, 2.05) is 60.7 Å². The molecule has 0 saturated heterocycles. The second-order valence-corrected chi connectivity index (χ2v) is 8.46. The molecular formula is C28H26ClN3O5. The van der Waals surface area contributed by atoms with E-state index >= 15 is 0 Å². The summed E-state index contributed by atoms with van der Waals surface area (Å²) in [6, 6.07) is 22.0. The number of nitrogens with one attached hydrogen (secondary N) is 1. The second kappa shape index (κ2) is 12.1. The number of ether oxygens (including phenoxy) is 3. The molecule has 0 bridgehead atoms. The molecular weight excluding hydrogens is 494 g/mol. The van der Waals surface area contributed by atoms with Crippen molar-refractivity contribution in [1.29, 1.82) is 0 Å². The normalized spacial score (nSPS) is 10.6. The summed E-state index contributed by atoms with van der Waals surface area (Å²) < 4.78 is 17.4. The topological polar surface area (TPSA) is 91.7 Å².